The predicted molar refractivity (Wildman–Crippen MR) is 81.2 cm³/mol. The Balaban J connectivity index is 1.96. The first kappa shape index (κ1) is 14.9. The number of methoxy groups -OCH3 is 1. The molecule has 1 heterocycles. The minimum atomic E-state index is 0.154. The van der Waals surface area contributed by atoms with Crippen molar-refractivity contribution in [2.24, 2.45) is 5.92 Å². The van der Waals surface area contributed by atoms with Crippen molar-refractivity contribution in [3.05, 3.63) is 24.3 Å². The number of carbonyl (C=O) groups excluding carboxylic acids is 1. The highest BCUT2D eigenvalue weighted by molar-refractivity contribution is 5.93. The molecule has 1 aromatic rings. The van der Waals surface area contributed by atoms with Crippen molar-refractivity contribution in [2.45, 2.75) is 32.2 Å². The van der Waals surface area contributed by atoms with Crippen LogP contribution in [0.5, 0.6) is 5.75 Å². The maximum Gasteiger partial charge on any atom is 0.228 e. The van der Waals surface area contributed by atoms with E-state index in [0.717, 1.165) is 18.0 Å². The summed E-state index contributed by atoms with van der Waals surface area (Å²) >= 11 is 0. The van der Waals surface area contributed by atoms with Gasteiger partial charge in [0.15, 0.2) is 0 Å². The van der Waals surface area contributed by atoms with Crippen LogP contribution in [0.3, 0.4) is 0 Å². The number of rotatable bonds is 4. The van der Waals surface area contributed by atoms with Crippen LogP contribution >= 0.6 is 0 Å². The Morgan fingerprint density at radius 1 is 1.40 bits per heavy atom. The largest absolute Gasteiger partial charge is 0.497 e. The van der Waals surface area contributed by atoms with Crippen molar-refractivity contribution in [1.82, 2.24) is 5.32 Å². The summed E-state index contributed by atoms with van der Waals surface area (Å²) in [4.78, 5) is 14.1. The molecule has 0 bridgehead atoms. The van der Waals surface area contributed by atoms with Crippen LogP contribution in [-0.2, 0) is 4.79 Å². The Kier molecular flexibility index (Phi) is 5.01. The van der Waals surface area contributed by atoms with E-state index in [2.05, 4.69) is 12.2 Å². The molecule has 0 radical (unpaired) electrons. The van der Waals surface area contributed by atoms with Gasteiger partial charge in [-0.2, -0.15) is 0 Å². The number of ether oxygens (including phenoxy) is 1. The standard InChI is InChI=1S/C16H24N2O2/c1-12-5-4-10-17-15(12)11-16(19)18(2)13-6-8-14(20-3)9-7-13/h6-9,12,15,17H,4-5,10-11H2,1-3H3. The Morgan fingerprint density at radius 2 is 2.10 bits per heavy atom. The maximum atomic E-state index is 12.4. The van der Waals surface area contributed by atoms with Crippen molar-refractivity contribution >= 4 is 11.6 Å². The van der Waals surface area contributed by atoms with Crippen LogP contribution in [0.25, 0.3) is 0 Å². The van der Waals surface area contributed by atoms with E-state index in [1.165, 1.54) is 12.8 Å². The van der Waals surface area contributed by atoms with Crippen LogP contribution in [0, 0.1) is 5.92 Å². The molecule has 0 aliphatic carbocycles. The second-order valence-corrected chi connectivity index (χ2v) is 5.54. The quantitative estimate of drug-likeness (QED) is 0.918. The summed E-state index contributed by atoms with van der Waals surface area (Å²) in [6.45, 7) is 3.24. The molecular weight excluding hydrogens is 252 g/mol. The number of nitrogens with one attached hydrogen (secondary N) is 1. The summed E-state index contributed by atoms with van der Waals surface area (Å²) < 4.78 is 5.13. The first-order valence-corrected chi connectivity index (χ1v) is 7.26. The van der Waals surface area contributed by atoms with Gasteiger partial charge in [0.1, 0.15) is 5.75 Å². The first-order valence-electron chi connectivity index (χ1n) is 7.26. The molecule has 4 nitrogen and oxygen atoms in total. The molecule has 110 valence electrons. The number of hydrogen-bond donors (Lipinski definition) is 1. The van der Waals surface area contributed by atoms with E-state index in [1.54, 1.807) is 12.0 Å². The van der Waals surface area contributed by atoms with Gasteiger partial charge in [0.2, 0.25) is 5.91 Å². The minimum Gasteiger partial charge on any atom is -0.497 e. The van der Waals surface area contributed by atoms with Gasteiger partial charge < -0.3 is 15.0 Å². The fourth-order valence-electron chi connectivity index (χ4n) is 2.66. The Morgan fingerprint density at radius 3 is 2.70 bits per heavy atom. The van der Waals surface area contributed by atoms with Gasteiger partial charge in [-0.1, -0.05) is 6.92 Å². The fraction of sp³-hybridized carbons (Fsp3) is 0.562. The van der Waals surface area contributed by atoms with Crippen molar-refractivity contribution < 1.29 is 9.53 Å². The molecule has 1 fully saturated rings. The van der Waals surface area contributed by atoms with Gasteiger partial charge in [-0.3, -0.25) is 4.79 Å². The molecule has 0 spiro atoms. The van der Waals surface area contributed by atoms with Gasteiger partial charge in [-0.05, 0) is 49.6 Å². The van der Waals surface area contributed by atoms with Crippen molar-refractivity contribution in [1.29, 1.82) is 0 Å². The summed E-state index contributed by atoms with van der Waals surface area (Å²) in [5, 5.41) is 3.46. The number of benzene rings is 1. The van der Waals surface area contributed by atoms with Crippen molar-refractivity contribution in [3.8, 4) is 5.75 Å². The molecule has 4 heteroatoms. The Bertz CT molecular complexity index is 444. The van der Waals surface area contributed by atoms with Crippen LogP contribution < -0.4 is 15.0 Å². The molecule has 2 unspecified atom stereocenters. The minimum absolute atomic E-state index is 0.154. The van der Waals surface area contributed by atoms with E-state index < -0.39 is 0 Å². The van der Waals surface area contributed by atoms with Gasteiger partial charge in [-0.15, -0.1) is 0 Å². The number of nitrogens with zero attached hydrogens (tertiary/aromatic N) is 1. The summed E-state index contributed by atoms with van der Waals surface area (Å²) in [5.41, 5.74) is 0.902. The third-order valence-electron chi connectivity index (χ3n) is 4.16. The lowest BCUT2D eigenvalue weighted by molar-refractivity contribution is -0.119. The normalized spacial score (nSPS) is 22.4. The van der Waals surface area contributed by atoms with Gasteiger partial charge in [0, 0.05) is 25.2 Å². The summed E-state index contributed by atoms with van der Waals surface area (Å²) in [7, 11) is 3.47. The number of carbonyl (C=O) groups is 1. The molecule has 1 amide bonds. The zero-order valence-corrected chi connectivity index (χ0v) is 12.6. The zero-order chi connectivity index (χ0) is 14.5. The van der Waals surface area contributed by atoms with Crippen LogP contribution in [-0.4, -0.2) is 32.7 Å². The molecule has 2 atom stereocenters. The molecule has 1 aromatic carbocycles. The van der Waals surface area contributed by atoms with Gasteiger partial charge in [0.25, 0.3) is 0 Å². The van der Waals surface area contributed by atoms with Crippen LogP contribution in [0.2, 0.25) is 0 Å². The van der Waals surface area contributed by atoms with E-state index >= 15 is 0 Å². The molecule has 1 aliphatic rings. The van der Waals surface area contributed by atoms with Gasteiger partial charge >= 0.3 is 0 Å². The van der Waals surface area contributed by atoms with Crippen LogP contribution in [0.4, 0.5) is 5.69 Å². The highest BCUT2D eigenvalue weighted by atomic mass is 16.5. The first-order chi connectivity index (χ1) is 9.61. The fourth-order valence-corrected chi connectivity index (χ4v) is 2.66. The lowest BCUT2D eigenvalue weighted by Crippen LogP contribution is -2.43. The SMILES string of the molecule is COc1ccc(N(C)C(=O)CC2NCCCC2C)cc1. The smallest absolute Gasteiger partial charge is 0.228 e. The second-order valence-electron chi connectivity index (χ2n) is 5.54. The highest BCUT2D eigenvalue weighted by Gasteiger charge is 2.24. The number of amides is 1. The molecule has 1 aliphatic heterocycles. The van der Waals surface area contributed by atoms with E-state index in [9.17, 15) is 4.79 Å². The van der Waals surface area contributed by atoms with E-state index in [4.69, 9.17) is 4.74 Å². The Labute approximate surface area is 121 Å². The lowest BCUT2D eigenvalue weighted by atomic mass is 9.90. The summed E-state index contributed by atoms with van der Waals surface area (Å²) in [5.74, 6) is 1.52. The van der Waals surface area contributed by atoms with Gasteiger partial charge in [0.05, 0.1) is 7.11 Å². The third-order valence-corrected chi connectivity index (χ3v) is 4.16. The third kappa shape index (κ3) is 3.51. The number of hydrogen-bond acceptors (Lipinski definition) is 3. The molecule has 2 rings (SSSR count). The second kappa shape index (κ2) is 6.75. The maximum absolute atomic E-state index is 12.4. The molecule has 0 saturated carbocycles. The summed E-state index contributed by atoms with van der Waals surface area (Å²) in [6.07, 6.45) is 2.97. The highest BCUT2D eigenvalue weighted by Crippen LogP contribution is 2.22. The molecule has 20 heavy (non-hydrogen) atoms. The average molecular weight is 276 g/mol. The summed E-state index contributed by atoms with van der Waals surface area (Å²) in [6, 6.07) is 7.88. The van der Waals surface area contributed by atoms with Crippen molar-refractivity contribution in [2.75, 3.05) is 25.6 Å². The molecular formula is C16H24N2O2. The topological polar surface area (TPSA) is 41.6 Å². The van der Waals surface area contributed by atoms with Crippen LogP contribution in [0.1, 0.15) is 26.2 Å². The Hall–Kier alpha value is -1.55. The van der Waals surface area contributed by atoms with E-state index in [-0.39, 0.29) is 5.91 Å². The predicted octanol–water partition coefficient (Wildman–Crippen LogP) is 2.44. The number of anilines is 1. The van der Waals surface area contributed by atoms with E-state index in [1.807, 2.05) is 31.3 Å². The molecule has 0 aromatic heterocycles. The van der Waals surface area contributed by atoms with Crippen molar-refractivity contribution in [3.63, 3.8) is 0 Å². The molecule has 1 saturated heterocycles. The van der Waals surface area contributed by atoms with E-state index in [0.29, 0.717) is 18.4 Å². The number of piperidine rings is 1. The molecule has 1 N–H and O–H groups in total. The average Bonchev–Trinajstić information content (AvgIpc) is 2.49. The van der Waals surface area contributed by atoms with Gasteiger partial charge in [-0.25, -0.2) is 0 Å². The lowest BCUT2D eigenvalue weighted by Gasteiger charge is -2.31. The zero-order valence-electron chi connectivity index (χ0n) is 12.6. The van der Waals surface area contributed by atoms with Crippen LogP contribution in [0.15, 0.2) is 24.3 Å². The monoisotopic (exact) mass is 276 g/mol.